The van der Waals surface area contributed by atoms with E-state index in [-0.39, 0.29) is 5.97 Å². The lowest BCUT2D eigenvalue weighted by atomic mass is 10.2. The van der Waals surface area contributed by atoms with Crippen LogP contribution in [0.1, 0.15) is 39.0 Å². The first-order valence-electron chi connectivity index (χ1n) is 4.57. The molecule has 12 heavy (non-hydrogen) atoms. The molecular formula is C10H18O2. The van der Waals surface area contributed by atoms with Gasteiger partial charge in [0.2, 0.25) is 0 Å². The Morgan fingerprint density at radius 3 is 2.83 bits per heavy atom. The molecule has 0 amide bonds. The van der Waals surface area contributed by atoms with Crippen LogP contribution in [0.25, 0.3) is 0 Å². The van der Waals surface area contributed by atoms with Crippen LogP contribution in [0.4, 0.5) is 0 Å². The zero-order chi connectivity index (χ0) is 9.23. The monoisotopic (exact) mass is 170 g/mol. The van der Waals surface area contributed by atoms with Gasteiger partial charge in [-0.05, 0) is 12.8 Å². The predicted octanol–water partition coefficient (Wildman–Crippen LogP) is 2.69. The number of carbonyl (C=O) groups excluding carboxylic acids is 1. The first-order valence-corrected chi connectivity index (χ1v) is 4.57. The van der Waals surface area contributed by atoms with Crippen LogP contribution in [-0.2, 0) is 9.53 Å². The van der Waals surface area contributed by atoms with E-state index in [0.29, 0.717) is 13.0 Å². The van der Waals surface area contributed by atoms with Crippen molar-refractivity contribution < 1.29 is 9.53 Å². The molecule has 0 heterocycles. The number of unbranched alkanes of at least 4 members (excludes halogenated alkanes) is 2. The first kappa shape index (κ1) is 11.2. The minimum Gasteiger partial charge on any atom is -0.465 e. The van der Waals surface area contributed by atoms with Gasteiger partial charge in [0.05, 0.1) is 6.61 Å². The standard InChI is InChI=1S/C10H18O2/c1-3-5-7-8-10(11)12-9-6-4-2/h4H,2-3,5-9H2,1H3. The summed E-state index contributed by atoms with van der Waals surface area (Å²) in [5, 5.41) is 0. The zero-order valence-corrected chi connectivity index (χ0v) is 7.84. The van der Waals surface area contributed by atoms with Gasteiger partial charge in [-0.25, -0.2) is 0 Å². The van der Waals surface area contributed by atoms with E-state index in [1.54, 1.807) is 6.08 Å². The molecule has 0 N–H and O–H groups in total. The van der Waals surface area contributed by atoms with E-state index in [2.05, 4.69) is 13.5 Å². The minimum absolute atomic E-state index is 0.0784. The molecule has 0 aliphatic heterocycles. The van der Waals surface area contributed by atoms with Crippen molar-refractivity contribution in [2.45, 2.75) is 39.0 Å². The smallest absolute Gasteiger partial charge is 0.305 e. The SMILES string of the molecule is C=CCCOC(=O)CCCCC. The third-order valence-electron chi connectivity index (χ3n) is 1.57. The summed E-state index contributed by atoms with van der Waals surface area (Å²) in [5.74, 6) is -0.0784. The van der Waals surface area contributed by atoms with Crippen molar-refractivity contribution in [2.75, 3.05) is 6.61 Å². The fourth-order valence-electron chi connectivity index (χ4n) is 0.848. The average molecular weight is 170 g/mol. The number of hydrogen-bond acceptors (Lipinski definition) is 2. The van der Waals surface area contributed by atoms with Gasteiger partial charge in [0.1, 0.15) is 0 Å². The van der Waals surface area contributed by atoms with Crippen LogP contribution in [0.5, 0.6) is 0 Å². The van der Waals surface area contributed by atoms with Gasteiger partial charge < -0.3 is 4.74 Å². The Hall–Kier alpha value is -0.790. The molecule has 0 saturated heterocycles. The van der Waals surface area contributed by atoms with Crippen LogP contribution in [0.3, 0.4) is 0 Å². The molecular weight excluding hydrogens is 152 g/mol. The van der Waals surface area contributed by atoms with Crippen molar-refractivity contribution >= 4 is 5.97 Å². The second-order valence-corrected chi connectivity index (χ2v) is 2.75. The number of esters is 1. The fraction of sp³-hybridized carbons (Fsp3) is 0.700. The third kappa shape index (κ3) is 7.32. The predicted molar refractivity (Wildman–Crippen MR) is 49.9 cm³/mol. The summed E-state index contributed by atoms with van der Waals surface area (Å²) >= 11 is 0. The van der Waals surface area contributed by atoms with E-state index >= 15 is 0 Å². The van der Waals surface area contributed by atoms with Crippen LogP contribution in [-0.4, -0.2) is 12.6 Å². The van der Waals surface area contributed by atoms with Gasteiger partial charge in [0.25, 0.3) is 0 Å². The molecule has 0 rings (SSSR count). The molecule has 0 aromatic heterocycles. The zero-order valence-electron chi connectivity index (χ0n) is 7.84. The largest absolute Gasteiger partial charge is 0.465 e. The lowest BCUT2D eigenvalue weighted by Crippen LogP contribution is -2.04. The molecule has 0 aromatic carbocycles. The second-order valence-electron chi connectivity index (χ2n) is 2.75. The van der Waals surface area contributed by atoms with Gasteiger partial charge in [-0.2, -0.15) is 0 Å². The maximum absolute atomic E-state index is 10.9. The molecule has 0 spiro atoms. The third-order valence-corrected chi connectivity index (χ3v) is 1.57. The van der Waals surface area contributed by atoms with E-state index in [4.69, 9.17) is 4.74 Å². The van der Waals surface area contributed by atoms with E-state index in [0.717, 1.165) is 25.7 Å². The summed E-state index contributed by atoms with van der Waals surface area (Å²) in [6, 6.07) is 0. The Kier molecular flexibility index (Phi) is 7.76. The summed E-state index contributed by atoms with van der Waals surface area (Å²) in [5.41, 5.74) is 0. The molecule has 0 bridgehead atoms. The van der Waals surface area contributed by atoms with Crippen molar-refractivity contribution in [2.24, 2.45) is 0 Å². The summed E-state index contributed by atoms with van der Waals surface area (Å²) in [7, 11) is 0. The van der Waals surface area contributed by atoms with Crippen LogP contribution >= 0.6 is 0 Å². The topological polar surface area (TPSA) is 26.3 Å². The molecule has 0 unspecified atom stereocenters. The molecule has 0 aliphatic rings. The Balaban J connectivity index is 3.15. The van der Waals surface area contributed by atoms with Crippen LogP contribution in [0.15, 0.2) is 12.7 Å². The Bertz CT molecular complexity index is 130. The van der Waals surface area contributed by atoms with Gasteiger partial charge in [0, 0.05) is 6.42 Å². The summed E-state index contributed by atoms with van der Waals surface area (Å²) < 4.78 is 4.92. The van der Waals surface area contributed by atoms with Crippen LogP contribution < -0.4 is 0 Å². The Morgan fingerprint density at radius 2 is 2.25 bits per heavy atom. The molecule has 0 aliphatic carbocycles. The van der Waals surface area contributed by atoms with Gasteiger partial charge in [0.15, 0.2) is 0 Å². The summed E-state index contributed by atoms with van der Waals surface area (Å²) in [4.78, 5) is 10.9. The highest BCUT2D eigenvalue weighted by molar-refractivity contribution is 5.69. The quantitative estimate of drug-likeness (QED) is 0.333. The Morgan fingerprint density at radius 1 is 1.50 bits per heavy atom. The molecule has 70 valence electrons. The normalized spacial score (nSPS) is 9.42. The summed E-state index contributed by atoms with van der Waals surface area (Å²) in [6.45, 7) is 6.14. The molecule has 2 heteroatoms. The number of rotatable bonds is 7. The van der Waals surface area contributed by atoms with Gasteiger partial charge >= 0.3 is 5.97 Å². The number of carbonyl (C=O) groups is 1. The number of hydrogen-bond donors (Lipinski definition) is 0. The van der Waals surface area contributed by atoms with Crippen LogP contribution in [0.2, 0.25) is 0 Å². The highest BCUT2D eigenvalue weighted by atomic mass is 16.5. The maximum Gasteiger partial charge on any atom is 0.305 e. The van der Waals surface area contributed by atoms with Crippen molar-refractivity contribution in [1.82, 2.24) is 0 Å². The minimum atomic E-state index is -0.0784. The molecule has 0 saturated carbocycles. The highest BCUT2D eigenvalue weighted by Gasteiger charge is 1.99. The lowest BCUT2D eigenvalue weighted by Gasteiger charge is -2.01. The van der Waals surface area contributed by atoms with Crippen molar-refractivity contribution in [3.05, 3.63) is 12.7 Å². The maximum atomic E-state index is 10.9. The van der Waals surface area contributed by atoms with E-state index in [1.165, 1.54) is 0 Å². The van der Waals surface area contributed by atoms with Gasteiger partial charge in [-0.15, -0.1) is 6.58 Å². The van der Waals surface area contributed by atoms with Crippen molar-refractivity contribution in [3.8, 4) is 0 Å². The molecule has 0 aromatic rings. The van der Waals surface area contributed by atoms with E-state index in [1.807, 2.05) is 0 Å². The molecule has 0 fully saturated rings. The highest BCUT2D eigenvalue weighted by Crippen LogP contribution is 2.00. The van der Waals surface area contributed by atoms with Gasteiger partial charge in [-0.3, -0.25) is 4.79 Å². The second kappa shape index (κ2) is 8.31. The first-order chi connectivity index (χ1) is 5.81. The van der Waals surface area contributed by atoms with E-state index < -0.39 is 0 Å². The molecule has 2 nitrogen and oxygen atoms in total. The Labute approximate surface area is 74.6 Å². The average Bonchev–Trinajstić information content (AvgIpc) is 2.06. The van der Waals surface area contributed by atoms with Crippen molar-refractivity contribution in [1.29, 1.82) is 0 Å². The molecule has 0 radical (unpaired) electrons. The van der Waals surface area contributed by atoms with E-state index in [9.17, 15) is 4.79 Å². The lowest BCUT2D eigenvalue weighted by molar-refractivity contribution is -0.143. The van der Waals surface area contributed by atoms with Crippen LogP contribution in [0, 0.1) is 0 Å². The molecule has 0 atom stereocenters. The number of ether oxygens (including phenoxy) is 1. The fourth-order valence-corrected chi connectivity index (χ4v) is 0.848. The van der Waals surface area contributed by atoms with Crippen molar-refractivity contribution in [3.63, 3.8) is 0 Å². The summed E-state index contributed by atoms with van der Waals surface area (Å²) in [6.07, 6.45) is 6.25. The van der Waals surface area contributed by atoms with Gasteiger partial charge in [-0.1, -0.05) is 25.8 Å².